The first-order chi connectivity index (χ1) is 8.01. The molecule has 0 fully saturated rings. The van der Waals surface area contributed by atoms with Crippen LogP contribution < -0.4 is 4.90 Å². The molecule has 3 nitrogen and oxygen atoms in total. The van der Waals surface area contributed by atoms with E-state index in [1.54, 1.807) is 24.4 Å². The van der Waals surface area contributed by atoms with Crippen LogP contribution in [-0.2, 0) is 9.53 Å². The van der Waals surface area contributed by atoms with Gasteiger partial charge in [-0.1, -0.05) is 0 Å². The fourth-order valence-electron chi connectivity index (χ4n) is 1.34. The molecule has 0 aliphatic heterocycles. The van der Waals surface area contributed by atoms with Crippen molar-refractivity contribution in [1.29, 1.82) is 0 Å². The van der Waals surface area contributed by atoms with Crippen molar-refractivity contribution in [2.45, 2.75) is 19.8 Å². The smallest absolute Gasteiger partial charge is 0.378 e. The summed E-state index contributed by atoms with van der Waals surface area (Å²) in [6, 6.07) is 3.53. The highest BCUT2D eigenvalue weighted by Gasteiger charge is 2.42. The third-order valence-electron chi connectivity index (χ3n) is 2.16. The first-order valence-corrected chi connectivity index (χ1v) is 6.22. The van der Waals surface area contributed by atoms with Crippen LogP contribution in [0.1, 0.15) is 13.8 Å². The molecule has 0 atom stereocenters. The predicted octanol–water partition coefficient (Wildman–Crippen LogP) is 2.77. The van der Waals surface area contributed by atoms with Crippen LogP contribution in [0.4, 0.5) is 13.8 Å². The Bertz CT molecular complexity index is 354. The monoisotopic (exact) mass is 263 g/mol. The van der Waals surface area contributed by atoms with Gasteiger partial charge in [0.1, 0.15) is 0 Å². The zero-order valence-electron chi connectivity index (χ0n) is 9.78. The average Bonchev–Trinajstić information content (AvgIpc) is 2.79. The SMILES string of the molecule is CCOC(=O)C(F)(F)CN(CC)c1cccs1. The van der Waals surface area contributed by atoms with E-state index in [0.29, 0.717) is 6.54 Å². The topological polar surface area (TPSA) is 29.5 Å². The van der Waals surface area contributed by atoms with Gasteiger partial charge < -0.3 is 9.64 Å². The first-order valence-electron chi connectivity index (χ1n) is 5.34. The molecule has 0 saturated heterocycles. The molecule has 1 rings (SSSR count). The Morgan fingerprint density at radius 1 is 1.53 bits per heavy atom. The number of esters is 1. The van der Waals surface area contributed by atoms with Crippen LogP contribution in [0.3, 0.4) is 0 Å². The van der Waals surface area contributed by atoms with Crippen molar-refractivity contribution in [3.8, 4) is 0 Å². The lowest BCUT2D eigenvalue weighted by atomic mass is 10.3. The summed E-state index contributed by atoms with van der Waals surface area (Å²) in [4.78, 5) is 12.6. The van der Waals surface area contributed by atoms with Crippen molar-refractivity contribution in [2.75, 3.05) is 24.6 Å². The van der Waals surface area contributed by atoms with Gasteiger partial charge in [0.15, 0.2) is 0 Å². The van der Waals surface area contributed by atoms with E-state index in [0.717, 1.165) is 5.00 Å². The van der Waals surface area contributed by atoms with Gasteiger partial charge in [-0.25, -0.2) is 4.79 Å². The van der Waals surface area contributed by atoms with Crippen LogP contribution >= 0.6 is 11.3 Å². The minimum absolute atomic E-state index is 0.0421. The van der Waals surface area contributed by atoms with Gasteiger partial charge in [-0.3, -0.25) is 0 Å². The molecule has 0 saturated carbocycles. The molecule has 0 unspecified atom stereocenters. The zero-order valence-corrected chi connectivity index (χ0v) is 10.6. The van der Waals surface area contributed by atoms with E-state index in [1.165, 1.54) is 23.2 Å². The number of carbonyl (C=O) groups is 1. The highest BCUT2D eigenvalue weighted by Crippen LogP contribution is 2.25. The number of hydrogen-bond acceptors (Lipinski definition) is 4. The number of thiophene rings is 1. The molecule has 0 bridgehead atoms. The second kappa shape index (κ2) is 5.95. The van der Waals surface area contributed by atoms with Crippen molar-refractivity contribution >= 4 is 22.3 Å². The van der Waals surface area contributed by atoms with Gasteiger partial charge >= 0.3 is 11.9 Å². The number of carbonyl (C=O) groups excluding carboxylic acids is 1. The number of rotatable bonds is 6. The van der Waals surface area contributed by atoms with Crippen molar-refractivity contribution in [3.63, 3.8) is 0 Å². The van der Waals surface area contributed by atoms with Crippen molar-refractivity contribution in [2.24, 2.45) is 0 Å². The van der Waals surface area contributed by atoms with Gasteiger partial charge in [0, 0.05) is 6.54 Å². The number of nitrogens with zero attached hydrogens (tertiary/aromatic N) is 1. The standard InChI is InChI=1S/C11H15F2NO2S/c1-3-14(9-6-5-7-17-9)8-11(12,13)10(15)16-4-2/h5-7H,3-4,8H2,1-2H3. The second-order valence-electron chi connectivity index (χ2n) is 3.39. The van der Waals surface area contributed by atoms with Crippen LogP contribution in [0.15, 0.2) is 17.5 Å². The van der Waals surface area contributed by atoms with E-state index in [1.807, 2.05) is 0 Å². The fourth-order valence-corrected chi connectivity index (χ4v) is 2.13. The number of anilines is 1. The molecular weight excluding hydrogens is 248 g/mol. The largest absolute Gasteiger partial charge is 0.462 e. The van der Waals surface area contributed by atoms with Gasteiger partial charge in [0.25, 0.3) is 0 Å². The predicted molar refractivity (Wildman–Crippen MR) is 63.8 cm³/mol. The maximum atomic E-state index is 13.5. The molecule has 0 N–H and O–H groups in total. The number of alkyl halides is 2. The summed E-state index contributed by atoms with van der Waals surface area (Å²) in [6.45, 7) is 2.99. The number of halogens is 2. The summed E-state index contributed by atoms with van der Waals surface area (Å²) in [7, 11) is 0. The molecule has 17 heavy (non-hydrogen) atoms. The molecular formula is C11H15F2NO2S. The highest BCUT2D eigenvalue weighted by molar-refractivity contribution is 7.14. The minimum Gasteiger partial charge on any atom is -0.462 e. The summed E-state index contributed by atoms with van der Waals surface area (Å²) in [5.74, 6) is -4.94. The van der Waals surface area contributed by atoms with Gasteiger partial charge in [-0.15, -0.1) is 11.3 Å². The molecule has 0 aliphatic carbocycles. The summed E-state index contributed by atoms with van der Waals surface area (Å²) in [5.41, 5.74) is 0. The lowest BCUT2D eigenvalue weighted by molar-refractivity contribution is -0.169. The Morgan fingerprint density at radius 3 is 2.71 bits per heavy atom. The Hall–Kier alpha value is -1.17. The van der Waals surface area contributed by atoms with E-state index >= 15 is 0 Å². The third-order valence-corrected chi connectivity index (χ3v) is 3.09. The Balaban J connectivity index is 2.70. The number of hydrogen-bond donors (Lipinski definition) is 0. The average molecular weight is 263 g/mol. The summed E-state index contributed by atoms with van der Waals surface area (Å²) >= 11 is 1.36. The van der Waals surface area contributed by atoms with Gasteiger partial charge in [0.2, 0.25) is 0 Å². The molecule has 0 spiro atoms. The molecule has 1 aromatic heterocycles. The summed E-state index contributed by atoms with van der Waals surface area (Å²) in [5, 5.41) is 2.53. The summed E-state index contributed by atoms with van der Waals surface area (Å²) in [6.07, 6.45) is 0. The first kappa shape index (κ1) is 13.9. The third kappa shape index (κ3) is 3.66. The fraction of sp³-hybridized carbons (Fsp3) is 0.545. The van der Waals surface area contributed by atoms with Gasteiger partial charge in [0.05, 0.1) is 18.2 Å². The van der Waals surface area contributed by atoms with Crippen LogP contribution in [0.2, 0.25) is 0 Å². The summed E-state index contributed by atoms with van der Waals surface area (Å²) < 4.78 is 31.4. The normalized spacial score (nSPS) is 11.3. The highest BCUT2D eigenvalue weighted by atomic mass is 32.1. The second-order valence-corrected chi connectivity index (χ2v) is 4.32. The molecule has 1 aromatic rings. The van der Waals surface area contributed by atoms with Crippen LogP contribution in [0, 0.1) is 0 Å². The molecule has 0 aromatic carbocycles. The minimum atomic E-state index is -3.48. The lowest BCUT2D eigenvalue weighted by Gasteiger charge is -2.25. The zero-order chi connectivity index (χ0) is 12.9. The van der Waals surface area contributed by atoms with E-state index < -0.39 is 18.4 Å². The van der Waals surface area contributed by atoms with Crippen molar-refractivity contribution in [3.05, 3.63) is 17.5 Å². The van der Waals surface area contributed by atoms with Crippen molar-refractivity contribution < 1.29 is 18.3 Å². The van der Waals surface area contributed by atoms with Crippen molar-refractivity contribution in [1.82, 2.24) is 0 Å². The molecule has 96 valence electrons. The van der Waals surface area contributed by atoms with E-state index in [9.17, 15) is 13.6 Å². The lowest BCUT2D eigenvalue weighted by Crippen LogP contribution is -2.43. The molecule has 0 amide bonds. The molecule has 1 heterocycles. The van der Waals surface area contributed by atoms with Crippen LogP contribution in [0.5, 0.6) is 0 Å². The maximum Gasteiger partial charge on any atom is 0.378 e. The Kier molecular flexibility index (Phi) is 4.86. The van der Waals surface area contributed by atoms with Gasteiger partial charge in [-0.2, -0.15) is 8.78 Å². The Morgan fingerprint density at radius 2 is 2.24 bits per heavy atom. The maximum absolute atomic E-state index is 13.5. The number of ether oxygens (including phenoxy) is 1. The molecule has 6 heteroatoms. The van der Waals surface area contributed by atoms with Gasteiger partial charge in [-0.05, 0) is 31.4 Å². The van der Waals surface area contributed by atoms with E-state index in [2.05, 4.69) is 4.74 Å². The quantitative estimate of drug-likeness (QED) is 0.739. The Labute approximate surface area is 103 Å². The molecule has 0 aliphatic rings. The van der Waals surface area contributed by atoms with Crippen LogP contribution in [-0.4, -0.2) is 31.6 Å². The van der Waals surface area contributed by atoms with E-state index in [-0.39, 0.29) is 6.61 Å². The van der Waals surface area contributed by atoms with E-state index in [4.69, 9.17) is 0 Å². The molecule has 0 radical (unpaired) electrons. The van der Waals surface area contributed by atoms with Crippen LogP contribution in [0.25, 0.3) is 0 Å².